The summed E-state index contributed by atoms with van der Waals surface area (Å²) in [6, 6.07) is 69.2. The van der Waals surface area contributed by atoms with E-state index in [4.69, 9.17) is 19.4 Å². The molecule has 0 saturated carbocycles. The van der Waals surface area contributed by atoms with Crippen LogP contribution in [0.15, 0.2) is 199 Å². The smallest absolute Gasteiger partial charge is 0.238 e. The highest BCUT2D eigenvalue weighted by Crippen LogP contribution is 2.44. The Bertz CT molecular complexity index is 4040. The minimum Gasteiger partial charge on any atom is -0.455 e. The van der Waals surface area contributed by atoms with Crippen LogP contribution in [0.2, 0.25) is 0 Å². The van der Waals surface area contributed by atoms with Crippen LogP contribution in [-0.2, 0) is 0 Å². The van der Waals surface area contributed by atoms with Crippen LogP contribution in [0.25, 0.3) is 122 Å². The van der Waals surface area contributed by atoms with Gasteiger partial charge in [0, 0.05) is 54.7 Å². The van der Waals surface area contributed by atoms with Crippen molar-refractivity contribution in [3.8, 4) is 51.6 Å². The minimum absolute atomic E-state index is 0.525. The molecule has 13 aromatic rings. The molecule has 4 heterocycles. The second kappa shape index (κ2) is 13.6. The summed E-state index contributed by atoms with van der Waals surface area (Å²) in [6.45, 7) is 0. The lowest BCUT2D eigenvalue weighted by Gasteiger charge is -2.14. The monoisotopic (exact) mass is 804 g/mol. The molecule has 0 atom stereocenters. The van der Waals surface area contributed by atoms with E-state index in [0.717, 1.165) is 104 Å². The topological polar surface area (TPSA) is 85.5 Å². The van der Waals surface area contributed by atoms with Gasteiger partial charge in [0.05, 0.1) is 33.7 Å². The van der Waals surface area contributed by atoms with Crippen molar-refractivity contribution >= 4 is 76.3 Å². The molecular formula is C56H32N6O. The summed E-state index contributed by atoms with van der Waals surface area (Å²) in [7, 11) is 0. The van der Waals surface area contributed by atoms with E-state index in [1.807, 2.05) is 66.7 Å². The van der Waals surface area contributed by atoms with Gasteiger partial charge in [-0.25, -0.2) is 4.98 Å². The van der Waals surface area contributed by atoms with Crippen LogP contribution >= 0.6 is 0 Å². The van der Waals surface area contributed by atoms with E-state index in [-0.39, 0.29) is 0 Å². The summed E-state index contributed by atoms with van der Waals surface area (Å²) in [5.74, 6) is 1.71. The Labute approximate surface area is 360 Å². The van der Waals surface area contributed by atoms with Crippen molar-refractivity contribution in [3.05, 3.63) is 200 Å². The standard InChI is InChI=1S/C56H32N6O/c57-33-34-22-24-36(25-23-34)46-31-40(32-47-43-18-8-11-21-50(43)63-53(46)47)61-48-19-9-6-16-41(48)44-28-29-45-42-17-7-10-20-49(42)62(52(45)51(44)61)56-59-54(37-13-2-1-3-14-37)58-55(60-56)39-27-26-35-12-4-5-15-38(35)30-39/h1-32H. The van der Waals surface area contributed by atoms with E-state index in [2.05, 4.69) is 143 Å². The van der Waals surface area contributed by atoms with E-state index in [1.165, 1.54) is 0 Å². The van der Waals surface area contributed by atoms with Crippen LogP contribution in [0.5, 0.6) is 0 Å². The molecule has 0 bridgehead atoms. The van der Waals surface area contributed by atoms with Gasteiger partial charge in [0.1, 0.15) is 11.2 Å². The van der Waals surface area contributed by atoms with Gasteiger partial charge < -0.3 is 8.98 Å². The molecule has 0 saturated heterocycles. The summed E-state index contributed by atoms with van der Waals surface area (Å²) >= 11 is 0. The summed E-state index contributed by atoms with van der Waals surface area (Å²) in [5.41, 5.74) is 10.9. The van der Waals surface area contributed by atoms with E-state index in [9.17, 15) is 5.26 Å². The molecule has 0 amide bonds. The van der Waals surface area contributed by atoms with Gasteiger partial charge in [0.2, 0.25) is 5.95 Å². The van der Waals surface area contributed by atoms with Crippen molar-refractivity contribution in [2.75, 3.05) is 0 Å². The number of furan rings is 1. The first kappa shape index (κ1) is 34.9. The lowest BCUT2D eigenvalue weighted by molar-refractivity contribution is 0.670. The zero-order valence-electron chi connectivity index (χ0n) is 33.6. The lowest BCUT2D eigenvalue weighted by atomic mass is 10.00. The number of hydrogen-bond acceptors (Lipinski definition) is 5. The summed E-state index contributed by atoms with van der Waals surface area (Å²) in [5, 5.41) is 18.4. The predicted octanol–water partition coefficient (Wildman–Crippen LogP) is 14.0. The Kier molecular flexibility index (Phi) is 7.53. The molecule has 63 heavy (non-hydrogen) atoms. The van der Waals surface area contributed by atoms with Crippen LogP contribution in [-0.4, -0.2) is 24.1 Å². The van der Waals surface area contributed by atoms with Crippen LogP contribution in [0.4, 0.5) is 0 Å². The Hall–Kier alpha value is -8.86. The van der Waals surface area contributed by atoms with Gasteiger partial charge in [-0.3, -0.25) is 4.57 Å². The van der Waals surface area contributed by atoms with Gasteiger partial charge in [-0.1, -0.05) is 146 Å². The summed E-state index contributed by atoms with van der Waals surface area (Å²) in [4.78, 5) is 15.8. The molecule has 0 radical (unpaired) electrons. The van der Waals surface area contributed by atoms with Gasteiger partial charge in [0.25, 0.3) is 0 Å². The fourth-order valence-electron chi connectivity index (χ4n) is 9.49. The normalized spacial score (nSPS) is 11.8. The van der Waals surface area contributed by atoms with E-state index in [1.54, 1.807) is 0 Å². The zero-order valence-corrected chi connectivity index (χ0v) is 33.6. The third-order valence-corrected chi connectivity index (χ3v) is 12.4. The maximum Gasteiger partial charge on any atom is 0.238 e. The fourth-order valence-corrected chi connectivity index (χ4v) is 9.49. The first-order valence-corrected chi connectivity index (χ1v) is 20.9. The third kappa shape index (κ3) is 5.35. The Morgan fingerprint density at radius 2 is 1.03 bits per heavy atom. The number of fused-ring (bicyclic) bond motifs is 11. The van der Waals surface area contributed by atoms with Gasteiger partial charge in [-0.05, 0) is 64.9 Å². The second-order valence-corrected chi connectivity index (χ2v) is 15.9. The highest BCUT2D eigenvalue weighted by Gasteiger charge is 2.25. The molecule has 0 N–H and O–H groups in total. The average molecular weight is 805 g/mol. The molecule has 0 fully saturated rings. The molecule has 7 nitrogen and oxygen atoms in total. The molecule has 13 rings (SSSR count). The number of aromatic nitrogens is 5. The van der Waals surface area contributed by atoms with Crippen molar-refractivity contribution in [1.82, 2.24) is 24.1 Å². The Balaban J connectivity index is 1.17. The van der Waals surface area contributed by atoms with Crippen LogP contribution in [0.1, 0.15) is 5.56 Å². The zero-order chi connectivity index (χ0) is 41.6. The number of hydrogen-bond donors (Lipinski definition) is 0. The molecule has 0 spiro atoms. The molecule has 0 unspecified atom stereocenters. The van der Waals surface area contributed by atoms with Gasteiger partial charge in [-0.15, -0.1) is 0 Å². The average Bonchev–Trinajstić information content (AvgIpc) is 4.02. The molecule has 7 heteroatoms. The maximum atomic E-state index is 9.68. The molecule has 0 aliphatic carbocycles. The van der Waals surface area contributed by atoms with Crippen molar-refractivity contribution in [1.29, 1.82) is 5.26 Å². The van der Waals surface area contributed by atoms with Crippen molar-refractivity contribution in [3.63, 3.8) is 0 Å². The van der Waals surface area contributed by atoms with Gasteiger partial charge in [0.15, 0.2) is 11.6 Å². The van der Waals surface area contributed by atoms with E-state index < -0.39 is 0 Å². The van der Waals surface area contributed by atoms with Gasteiger partial charge in [-0.2, -0.15) is 15.2 Å². The number of benzene rings is 9. The summed E-state index contributed by atoms with van der Waals surface area (Å²) < 4.78 is 11.3. The molecule has 9 aromatic carbocycles. The SMILES string of the molecule is N#Cc1ccc(-c2cc(-n3c4ccccc4c4ccc5c6ccccc6n(-c6nc(-c7ccccc7)nc(-c7ccc8ccccc8c7)n6)c5c43)cc3c2oc2ccccc23)cc1. The molecule has 0 aliphatic heterocycles. The van der Waals surface area contributed by atoms with E-state index in [0.29, 0.717) is 23.2 Å². The van der Waals surface area contributed by atoms with Crippen LogP contribution in [0, 0.1) is 11.3 Å². The molecule has 4 aromatic heterocycles. The van der Waals surface area contributed by atoms with Crippen LogP contribution in [0.3, 0.4) is 0 Å². The molecular weight excluding hydrogens is 773 g/mol. The van der Waals surface area contributed by atoms with Crippen molar-refractivity contribution in [2.45, 2.75) is 0 Å². The largest absolute Gasteiger partial charge is 0.455 e. The van der Waals surface area contributed by atoms with Crippen molar-refractivity contribution in [2.24, 2.45) is 0 Å². The molecule has 0 aliphatic rings. The minimum atomic E-state index is 0.525. The Morgan fingerprint density at radius 3 is 1.78 bits per heavy atom. The lowest BCUT2D eigenvalue weighted by Crippen LogP contribution is -2.07. The summed E-state index contributed by atoms with van der Waals surface area (Å²) in [6.07, 6.45) is 0. The first-order valence-electron chi connectivity index (χ1n) is 20.9. The number of rotatable bonds is 5. The highest BCUT2D eigenvalue weighted by molar-refractivity contribution is 6.24. The van der Waals surface area contributed by atoms with Crippen molar-refractivity contribution < 1.29 is 4.42 Å². The second-order valence-electron chi connectivity index (χ2n) is 15.9. The number of nitriles is 1. The number of nitrogens with zero attached hydrogens (tertiary/aromatic N) is 6. The highest BCUT2D eigenvalue weighted by atomic mass is 16.3. The maximum absolute atomic E-state index is 9.68. The van der Waals surface area contributed by atoms with Crippen LogP contribution < -0.4 is 0 Å². The fraction of sp³-hybridized carbons (Fsp3) is 0. The number of para-hydroxylation sites is 3. The third-order valence-electron chi connectivity index (χ3n) is 12.4. The van der Waals surface area contributed by atoms with Gasteiger partial charge >= 0.3 is 0 Å². The quantitative estimate of drug-likeness (QED) is 0.173. The predicted molar refractivity (Wildman–Crippen MR) is 254 cm³/mol. The molecule has 292 valence electrons. The Morgan fingerprint density at radius 1 is 0.429 bits per heavy atom. The van der Waals surface area contributed by atoms with E-state index >= 15 is 0 Å². The first-order chi connectivity index (χ1) is 31.2.